The third-order valence-electron chi connectivity index (χ3n) is 2.23. The van der Waals surface area contributed by atoms with E-state index in [9.17, 15) is 9.59 Å². The highest BCUT2D eigenvalue weighted by Crippen LogP contribution is 2.16. The Hall–Kier alpha value is -2.15. The molecule has 18 heavy (non-hydrogen) atoms. The fourth-order valence-corrected chi connectivity index (χ4v) is 1.63. The van der Waals surface area contributed by atoms with Crippen molar-refractivity contribution >= 4 is 17.6 Å². The van der Waals surface area contributed by atoms with Crippen LogP contribution in [-0.2, 0) is 16.1 Å². The molecule has 1 heterocycles. The third-order valence-corrected chi connectivity index (χ3v) is 2.23. The Morgan fingerprint density at radius 1 is 1.33 bits per heavy atom. The first kappa shape index (κ1) is 13.9. The van der Waals surface area contributed by atoms with E-state index in [1.54, 1.807) is 19.3 Å². The van der Waals surface area contributed by atoms with Crippen LogP contribution in [0.25, 0.3) is 0 Å². The van der Waals surface area contributed by atoms with Crippen LogP contribution in [-0.4, -0.2) is 36.9 Å². The Kier molecular flexibility index (Phi) is 5.06. The van der Waals surface area contributed by atoms with Crippen molar-refractivity contribution in [1.82, 2.24) is 10.3 Å². The maximum Gasteiger partial charge on any atom is 0.237 e. The highest BCUT2D eigenvalue weighted by Gasteiger charge is 2.16. The lowest BCUT2D eigenvalue weighted by Crippen LogP contribution is -2.40. The molecule has 98 valence electrons. The van der Waals surface area contributed by atoms with Crippen LogP contribution in [0.5, 0.6) is 0 Å². The van der Waals surface area contributed by atoms with Gasteiger partial charge in [0.1, 0.15) is 5.82 Å². The van der Waals surface area contributed by atoms with Crippen molar-refractivity contribution < 1.29 is 9.59 Å². The minimum atomic E-state index is -0.544. The molecule has 0 aliphatic carbocycles. The lowest BCUT2D eigenvalue weighted by atomic mass is 10.2. The molecule has 0 aliphatic rings. The van der Waals surface area contributed by atoms with E-state index in [1.165, 1.54) is 4.90 Å². The molecule has 2 amide bonds. The SMILES string of the molecule is CNCc1cccnc1N(CC(N)=O)CC(N)=O. The molecule has 7 nitrogen and oxygen atoms in total. The molecule has 0 unspecified atom stereocenters. The van der Waals surface area contributed by atoms with Crippen LogP contribution in [0.4, 0.5) is 5.82 Å². The topological polar surface area (TPSA) is 114 Å². The Balaban J connectivity index is 3.02. The fourth-order valence-electron chi connectivity index (χ4n) is 1.63. The lowest BCUT2D eigenvalue weighted by molar-refractivity contribution is -0.117. The molecule has 1 aromatic rings. The largest absolute Gasteiger partial charge is 0.368 e. The normalized spacial score (nSPS) is 10.1. The first-order valence-electron chi connectivity index (χ1n) is 5.44. The van der Waals surface area contributed by atoms with Crippen molar-refractivity contribution in [3.8, 4) is 0 Å². The van der Waals surface area contributed by atoms with E-state index in [0.717, 1.165) is 5.56 Å². The van der Waals surface area contributed by atoms with Gasteiger partial charge in [-0.05, 0) is 13.1 Å². The van der Waals surface area contributed by atoms with E-state index in [-0.39, 0.29) is 13.1 Å². The predicted octanol–water partition coefficient (Wildman–Crippen LogP) is -1.42. The molecule has 1 rings (SSSR count). The first-order valence-corrected chi connectivity index (χ1v) is 5.44. The second kappa shape index (κ2) is 6.55. The van der Waals surface area contributed by atoms with Gasteiger partial charge in [-0.1, -0.05) is 6.07 Å². The van der Waals surface area contributed by atoms with Gasteiger partial charge in [0.05, 0.1) is 13.1 Å². The average molecular weight is 251 g/mol. The zero-order valence-electron chi connectivity index (χ0n) is 10.2. The van der Waals surface area contributed by atoms with Gasteiger partial charge in [-0.3, -0.25) is 9.59 Å². The monoisotopic (exact) mass is 251 g/mol. The molecule has 0 fully saturated rings. The lowest BCUT2D eigenvalue weighted by Gasteiger charge is -2.23. The second-order valence-corrected chi connectivity index (χ2v) is 3.81. The smallest absolute Gasteiger partial charge is 0.237 e. The van der Waals surface area contributed by atoms with Crippen molar-refractivity contribution in [2.24, 2.45) is 11.5 Å². The summed E-state index contributed by atoms with van der Waals surface area (Å²) in [7, 11) is 1.79. The van der Waals surface area contributed by atoms with Gasteiger partial charge in [-0.2, -0.15) is 0 Å². The van der Waals surface area contributed by atoms with E-state index >= 15 is 0 Å². The number of hydrogen-bond acceptors (Lipinski definition) is 5. The number of nitrogens with two attached hydrogens (primary N) is 2. The number of carbonyl (C=O) groups excluding carboxylic acids is 2. The Labute approximate surface area is 105 Å². The minimum absolute atomic E-state index is 0.101. The molecular formula is C11H17N5O2. The van der Waals surface area contributed by atoms with E-state index in [4.69, 9.17) is 11.5 Å². The van der Waals surface area contributed by atoms with Crippen molar-refractivity contribution in [1.29, 1.82) is 0 Å². The molecule has 5 N–H and O–H groups in total. The number of nitrogens with one attached hydrogen (secondary N) is 1. The van der Waals surface area contributed by atoms with Crippen molar-refractivity contribution in [3.05, 3.63) is 23.9 Å². The molecule has 0 radical (unpaired) electrons. The molecular weight excluding hydrogens is 234 g/mol. The van der Waals surface area contributed by atoms with Crippen LogP contribution in [0.2, 0.25) is 0 Å². The van der Waals surface area contributed by atoms with E-state index in [0.29, 0.717) is 12.4 Å². The summed E-state index contributed by atoms with van der Waals surface area (Å²) in [6.07, 6.45) is 1.59. The summed E-state index contributed by atoms with van der Waals surface area (Å²) in [6.45, 7) is 0.366. The number of rotatable bonds is 7. The van der Waals surface area contributed by atoms with Crippen molar-refractivity contribution in [2.75, 3.05) is 25.0 Å². The van der Waals surface area contributed by atoms with Gasteiger partial charge in [0.15, 0.2) is 0 Å². The van der Waals surface area contributed by atoms with Crippen LogP contribution < -0.4 is 21.7 Å². The first-order chi connectivity index (χ1) is 8.54. The summed E-state index contributed by atoms with van der Waals surface area (Å²) in [6, 6.07) is 3.64. The van der Waals surface area contributed by atoms with Crippen LogP contribution in [0.15, 0.2) is 18.3 Å². The molecule has 0 aliphatic heterocycles. The number of carbonyl (C=O) groups is 2. The number of aromatic nitrogens is 1. The molecule has 0 spiro atoms. The standard InChI is InChI=1S/C11H17N5O2/c1-14-5-8-3-2-4-15-11(8)16(6-9(12)17)7-10(13)18/h2-4,14H,5-7H2,1H3,(H2,12,17)(H2,13,18). The van der Waals surface area contributed by atoms with Gasteiger partial charge >= 0.3 is 0 Å². The van der Waals surface area contributed by atoms with E-state index < -0.39 is 11.8 Å². The minimum Gasteiger partial charge on any atom is -0.368 e. The third kappa shape index (κ3) is 4.02. The van der Waals surface area contributed by atoms with Gasteiger partial charge in [-0.25, -0.2) is 4.98 Å². The zero-order valence-corrected chi connectivity index (χ0v) is 10.2. The van der Waals surface area contributed by atoms with Gasteiger partial charge in [0.25, 0.3) is 0 Å². The average Bonchev–Trinajstić information content (AvgIpc) is 2.28. The van der Waals surface area contributed by atoms with E-state index in [1.807, 2.05) is 6.07 Å². The summed E-state index contributed by atoms with van der Waals surface area (Å²) >= 11 is 0. The van der Waals surface area contributed by atoms with Crippen LogP contribution in [0.3, 0.4) is 0 Å². The summed E-state index contributed by atoms with van der Waals surface area (Å²) in [5.41, 5.74) is 11.2. The van der Waals surface area contributed by atoms with Gasteiger partial charge in [0, 0.05) is 18.3 Å². The number of nitrogens with zero attached hydrogens (tertiary/aromatic N) is 2. The Morgan fingerprint density at radius 3 is 2.44 bits per heavy atom. The Morgan fingerprint density at radius 2 is 1.94 bits per heavy atom. The van der Waals surface area contributed by atoms with Crippen LogP contribution >= 0.6 is 0 Å². The number of amides is 2. The predicted molar refractivity (Wildman–Crippen MR) is 67.6 cm³/mol. The highest BCUT2D eigenvalue weighted by atomic mass is 16.2. The van der Waals surface area contributed by atoms with Gasteiger partial charge < -0.3 is 21.7 Å². The van der Waals surface area contributed by atoms with Crippen molar-refractivity contribution in [2.45, 2.75) is 6.54 Å². The van der Waals surface area contributed by atoms with Gasteiger partial charge in [0.2, 0.25) is 11.8 Å². The molecule has 0 bridgehead atoms. The number of anilines is 1. The molecule has 0 saturated carbocycles. The summed E-state index contributed by atoms with van der Waals surface area (Å²) in [4.78, 5) is 27.7. The fraction of sp³-hybridized carbons (Fsp3) is 0.364. The summed E-state index contributed by atoms with van der Waals surface area (Å²) in [5.74, 6) is -0.556. The maximum atomic E-state index is 11.0. The van der Waals surface area contributed by atoms with Crippen molar-refractivity contribution in [3.63, 3.8) is 0 Å². The van der Waals surface area contributed by atoms with Crippen LogP contribution in [0, 0.1) is 0 Å². The molecule has 0 saturated heterocycles. The van der Waals surface area contributed by atoms with Gasteiger partial charge in [-0.15, -0.1) is 0 Å². The quantitative estimate of drug-likeness (QED) is 0.550. The second-order valence-electron chi connectivity index (χ2n) is 3.81. The number of primary amides is 2. The number of pyridine rings is 1. The highest BCUT2D eigenvalue weighted by molar-refractivity contribution is 5.84. The Bertz CT molecular complexity index is 419. The molecule has 0 aromatic carbocycles. The number of hydrogen-bond donors (Lipinski definition) is 3. The molecule has 1 aromatic heterocycles. The molecule has 7 heteroatoms. The summed E-state index contributed by atoms with van der Waals surface area (Å²) < 4.78 is 0. The van der Waals surface area contributed by atoms with E-state index in [2.05, 4.69) is 10.3 Å². The molecule has 0 atom stereocenters. The summed E-state index contributed by atoms with van der Waals surface area (Å²) in [5, 5.41) is 2.99. The zero-order chi connectivity index (χ0) is 13.5. The van der Waals surface area contributed by atoms with Crippen LogP contribution in [0.1, 0.15) is 5.56 Å². The maximum absolute atomic E-state index is 11.0.